The molecule has 1 atom stereocenters. The van der Waals surface area contributed by atoms with Crippen molar-refractivity contribution in [2.45, 2.75) is 25.9 Å². The molecule has 1 unspecified atom stereocenters. The standard InChI is InChI=1S/C13H14F2O4/c1-8(2)10(13(14,15)12(17)18)19-11(16)9-6-4-3-5-7-9/h3-8,10H,1-2H3,(H,17,18)/p-1. The van der Waals surface area contributed by atoms with Crippen molar-refractivity contribution in [1.29, 1.82) is 0 Å². The molecule has 0 amide bonds. The number of rotatable bonds is 5. The Hall–Kier alpha value is -1.98. The van der Waals surface area contributed by atoms with Crippen molar-refractivity contribution in [3.63, 3.8) is 0 Å². The number of carbonyl (C=O) groups excluding carboxylic acids is 2. The van der Waals surface area contributed by atoms with E-state index >= 15 is 0 Å². The van der Waals surface area contributed by atoms with Crippen LogP contribution >= 0.6 is 0 Å². The Morgan fingerprint density at radius 3 is 2.16 bits per heavy atom. The number of ether oxygens (including phenoxy) is 1. The minimum atomic E-state index is -4.24. The normalized spacial score (nSPS) is 13.1. The number of hydrogen-bond donors (Lipinski definition) is 0. The van der Waals surface area contributed by atoms with Crippen LogP contribution in [-0.4, -0.2) is 24.0 Å². The highest BCUT2D eigenvalue weighted by molar-refractivity contribution is 5.89. The highest BCUT2D eigenvalue weighted by Crippen LogP contribution is 2.27. The summed E-state index contributed by atoms with van der Waals surface area (Å²) in [7, 11) is 0. The summed E-state index contributed by atoms with van der Waals surface area (Å²) >= 11 is 0. The van der Waals surface area contributed by atoms with Gasteiger partial charge in [0.15, 0.2) is 6.10 Å². The zero-order valence-electron chi connectivity index (χ0n) is 10.4. The third kappa shape index (κ3) is 3.49. The van der Waals surface area contributed by atoms with E-state index in [1.54, 1.807) is 6.07 Å². The van der Waals surface area contributed by atoms with E-state index in [1.165, 1.54) is 38.1 Å². The Morgan fingerprint density at radius 1 is 1.21 bits per heavy atom. The Morgan fingerprint density at radius 2 is 1.74 bits per heavy atom. The van der Waals surface area contributed by atoms with Crippen LogP contribution in [0.25, 0.3) is 0 Å². The predicted molar refractivity (Wildman–Crippen MR) is 60.4 cm³/mol. The molecular formula is C13H13F2O4-. The summed E-state index contributed by atoms with van der Waals surface area (Å²) in [6, 6.07) is 7.50. The maximum absolute atomic E-state index is 13.4. The van der Waals surface area contributed by atoms with E-state index in [0.29, 0.717) is 0 Å². The first-order valence-electron chi connectivity index (χ1n) is 5.62. The highest BCUT2D eigenvalue weighted by Gasteiger charge is 2.46. The minimum absolute atomic E-state index is 0.0716. The van der Waals surface area contributed by atoms with Crippen molar-refractivity contribution in [1.82, 2.24) is 0 Å². The highest BCUT2D eigenvalue weighted by atomic mass is 19.3. The van der Waals surface area contributed by atoms with Gasteiger partial charge in [-0.1, -0.05) is 32.0 Å². The molecule has 19 heavy (non-hydrogen) atoms. The quantitative estimate of drug-likeness (QED) is 0.756. The second-order valence-electron chi connectivity index (χ2n) is 4.35. The van der Waals surface area contributed by atoms with Crippen LogP contribution in [0.5, 0.6) is 0 Å². The first-order valence-corrected chi connectivity index (χ1v) is 5.62. The van der Waals surface area contributed by atoms with Crippen molar-refractivity contribution in [3.05, 3.63) is 35.9 Å². The SMILES string of the molecule is CC(C)C(OC(=O)c1ccccc1)C(F)(F)C(=O)[O-]. The number of halogens is 2. The average molecular weight is 271 g/mol. The number of hydrogen-bond acceptors (Lipinski definition) is 4. The van der Waals surface area contributed by atoms with Gasteiger partial charge in [-0.3, -0.25) is 0 Å². The van der Waals surface area contributed by atoms with Crippen LogP contribution in [0.3, 0.4) is 0 Å². The lowest BCUT2D eigenvalue weighted by Crippen LogP contribution is -2.53. The summed E-state index contributed by atoms with van der Waals surface area (Å²) in [4.78, 5) is 22.1. The van der Waals surface area contributed by atoms with E-state index in [0.717, 1.165) is 0 Å². The Labute approximate surface area is 109 Å². The Balaban J connectivity index is 2.92. The zero-order valence-corrected chi connectivity index (χ0v) is 10.4. The first kappa shape index (κ1) is 15.1. The molecule has 4 nitrogen and oxygen atoms in total. The smallest absolute Gasteiger partial charge is 0.338 e. The fourth-order valence-electron chi connectivity index (χ4n) is 1.50. The molecule has 0 bridgehead atoms. The molecule has 0 aliphatic carbocycles. The molecule has 0 aliphatic rings. The lowest BCUT2D eigenvalue weighted by atomic mass is 10.0. The van der Waals surface area contributed by atoms with Gasteiger partial charge in [-0.2, -0.15) is 8.78 Å². The van der Waals surface area contributed by atoms with E-state index < -0.39 is 29.9 Å². The Kier molecular flexibility index (Phi) is 4.58. The first-order chi connectivity index (χ1) is 8.76. The van der Waals surface area contributed by atoms with Gasteiger partial charge in [0.05, 0.1) is 5.56 Å². The van der Waals surface area contributed by atoms with Crippen molar-refractivity contribution in [2.24, 2.45) is 5.92 Å². The fourth-order valence-corrected chi connectivity index (χ4v) is 1.50. The van der Waals surface area contributed by atoms with E-state index in [2.05, 4.69) is 4.74 Å². The van der Waals surface area contributed by atoms with Gasteiger partial charge in [0.1, 0.15) is 5.97 Å². The van der Waals surface area contributed by atoms with Gasteiger partial charge >= 0.3 is 11.9 Å². The molecule has 0 saturated carbocycles. The minimum Gasteiger partial charge on any atom is -0.544 e. The Bertz CT molecular complexity index is 457. The number of benzene rings is 1. The van der Waals surface area contributed by atoms with Gasteiger partial charge in [0.2, 0.25) is 0 Å². The number of esters is 1. The number of carboxylic acid groups (broad SMARTS) is 1. The van der Waals surface area contributed by atoms with Gasteiger partial charge in [-0.15, -0.1) is 0 Å². The molecule has 0 radical (unpaired) electrons. The molecule has 1 rings (SSSR count). The van der Waals surface area contributed by atoms with Crippen LogP contribution < -0.4 is 5.11 Å². The lowest BCUT2D eigenvalue weighted by Gasteiger charge is -2.30. The molecular weight excluding hydrogens is 258 g/mol. The van der Waals surface area contributed by atoms with Gasteiger partial charge in [0.25, 0.3) is 0 Å². The molecule has 0 aromatic heterocycles. The van der Waals surface area contributed by atoms with Crippen LogP contribution in [0, 0.1) is 5.92 Å². The summed E-state index contributed by atoms with van der Waals surface area (Å²) in [6.07, 6.45) is -2.08. The number of alkyl halides is 2. The third-order valence-corrected chi connectivity index (χ3v) is 2.48. The monoisotopic (exact) mass is 271 g/mol. The molecule has 0 aliphatic heterocycles. The largest absolute Gasteiger partial charge is 0.544 e. The average Bonchev–Trinajstić information content (AvgIpc) is 2.35. The van der Waals surface area contributed by atoms with Crippen LogP contribution in [-0.2, 0) is 9.53 Å². The number of aliphatic carboxylic acids is 1. The predicted octanol–water partition coefficient (Wildman–Crippen LogP) is 1.25. The fraction of sp³-hybridized carbons (Fsp3) is 0.385. The van der Waals surface area contributed by atoms with Crippen LogP contribution in [0.1, 0.15) is 24.2 Å². The molecule has 1 aromatic rings. The van der Waals surface area contributed by atoms with E-state index in [-0.39, 0.29) is 5.56 Å². The summed E-state index contributed by atoms with van der Waals surface area (Å²) < 4.78 is 31.4. The molecule has 0 saturated heterocycles. The van der Waals surface area contributed by atoms with Crippen molar-refractivity contribution in [3.8, 4) is 0 Å². The summed E-state index contributed by atoms with van der Waals surface area (Å²) in [5.41, 5.74) is 0.0716. The maximum atomic E-state index is 13.4. The van der Waals surface area contributed by atoms with Crippen LogP contribution in [0.15, 0.2) is 30.3 Å². The van der Waals surface area contributed by atoms with E-state index in [1.807, 2.05) is 0 Å². The van der Waals surface area contributed by atoms with Crippen molar-refractivity contribution >= 4 is 11.9 Å². The maximum Gasteiger partial charge on any atom is 0.338 e. The number of carbonyl (C=O) groups is 2. The summed E-state index contributed by atoms with van der Waals surface area (Å²) in [5.74, 6) is -8.67. The molecule has 1 aromatic carbocycles. The molecule has 6 heteroatoms. The second kappa shape index (κ2) is 5.77. The van der Waals surface area contributed by atoms with Gasteiger partial charge in [-0.05, 0) is 18.1 Å². The third-order valence-electron chi connectivity index (χ3n) is 2.48. The summed E-state index contributed by atoms with van der Waals surface area (Å²) in [5, 5.41) is 10.4. The van der Waals surface area contributed by atoms with Gasteiger partial charge < -0.3 is 14.6 Å². The molecule has 0 heterocycles. The second-order valence-corrected chi connectivity index (χ2v) is 4.35. The summed E-state index contributed by atoms with van der Waals surface area (Å²) in [6.45, 7) is 2.67. The molecule has 104 valence electrons. The van der Waals surface area contributed by atoms with Gasteiger partial charge in [0, 0.05) is 0 Å². The van der Waals surface area contributed by atoms with Crippen molar-refractivity contribution < 1.29 is 28.2 Å². The molecule has 0 spiro atoms. The van der Waals surface area contributed by atoms with E-state index in [4.69, 9.17) is 0 Å². The zero-order chi connectivity index (χ0) is 14.6. The molecule has 0 fully saturated rings. The van der Waals surface area contributed by atoms with Gasteiger partial charge in [-0.25, -0.2) is 4.79 Å². The molecule has 0 N–H and O–H groups in total. The van der Waals surface area contributed by atoms with Crippen LogP contribution in [0.2, 0.25) is 0 Å². The lowest BCUT2D eigenvalue weighted by molar-refractivity contribution is -0.337. The van der Waals surface area contributed by atoms with Crippen molar-refractivity contribution in [2.75, 3.05) is 0 Å². The number of carboxylic acids is 1. The van der Waals surface area contributed by atoms with Crippen LogP contribution in [0.4, 0.5) is 8.78 Å². The topological polar surface area (TPSA) is 66.4 Å². The van der Waals surface area contributed by atoms with E-state index in [9.17, 15) is 23.5 Å².